The lowest BCUT2D eigenvalue weighted by atomic mass is 9.94. The topological polar surface area (TPSA) is 57.2 Å². The van der Waals surface area contributed by atoms with Crippen LogP contribution in [-0.4, -0.2) is 45.9 Å². The Labute approximate surface area is 264 Å². The highest BCUT2D eigenvalue weighted by molar-refractivity contribution is 7.99. The van der Waals surface area contributed by atoms with Crippen molar-refractivity contribution in [2.75, 3.05) is 0 Å². The van der Waals surface area contributed by atoms with E-state index in [2.05, 4.69) is 31.2 Å². The Morgan fingerprint density at radius 2 is 1.14 bits per heavy atom. The van der Waals surface area contributed by atoms with Gasteiger partial charge in [-0.05, 0) is 42.7 Å². The molecule has 6 atom stereocenters. The molecule has 0 bridgehead atoms. The molecule has 0 amide bonds. The maximum absolute atomic E-state index is 11.4. The lowest BCUT2D eigenvalue weighted by Gasteiger charge is -2.47. The average molecular weight is 615 g/mol. The minimum atomic E-state index is -1.03. The molecule has 1 unspecified atom stereocenters. The number of aryl methyl sites for hydroxylation is 1. The van der Waals surface area contributed by atoms with Gasteiger partial charge in [0, 0.05) is 9.76 Å². The molecule has 1 aliphatic rings. The first-order valence-corrected chi connectivity index (χ1v) is 15.8. The number of rotatable bonds is 13. The third kappa shape index (κ3) is 8.83. The smallest absolute Gasteiger partial charge is 0.137 e. The Hall–Kier alpha value is -2.88. The van der Waals surface area contributed by atoms with Crippen LogP contribution >= 0.6 is 24.0 Å². The summed E-state index contributed by atoms with van der Waals surface area (Å²) < 4.78 is 26.7. The molecule has 1 aliphatic heterocycles. The first-order valence-electron chi connectivity index (χ1n) is 14.5. The third-order valence-electron chi connectivity index (χ3n) is 7.39. The summed E-state index contributed by atoms with van der Waals surface area (Å²) in [6.45, 7) is 4.84. The number of benzene rings is 4. The van der Waals surface area contributed by atoms with E-state index in [-0.39, 0.29) is 0 Å². The first kappa shape index (κ1) is 31.5. The first-order chi connectivity index (χ1) is 21.0. The predicted molar refractivity (Wildman–Crippen MR) is 175 cm³/mol. The lowest BCUT2D eigenvalue weighted by Crippen LogP contribution is -2.62. The molecule has 1 N–H and O–H groups in total. The van der Waals surface area contributed by atoms with Gasteiger partial charge in [0.1, 0.15) is 36.0 Å². The zero-order valence-electron chi connectivity index (χ0n) is 24.5. The van der Waals surface area contributed by atoms with Crippen LogP contribution in [0.2, 0.25) is 0 Å². The van der Waals surface area contributed by atoms with Crippen molar-refractivity contribution in [3.63, 3.8) is 0 Å². The van der Waals surface area contributed by atoms with Gasteiger partial charge in [-0.3, -0.25) is 0 Å². The Kier molecular flexibility index (Phi) is 11.5. The number of aliphatic hydroxyl groups is 1. The second-order valence-electron chi connectivity index (χ2n) is 10.7. The zero-order valence-corrected chi connectivity index (χ0v) is 26.1. The highest BCUT2D eigenvalue weighted by atomic mass is 32.2. The Morgan fingerprint density at radius 3 is 1.60 bits per heavy atom. The molecule has 7 heteroatoms. The molecule has 0 spiro atoms. The number of aliphatic hydroxyl groups excluding tert-OH is 1. The van der Waals surface area contributed by atoms with Crippen LogP contribution < -0.4 is 0 Å². The van der Waals surface area contributed by atoms with E-state index in [4.69, 9.17) is 31.2 Å². The van der Waals surface area contributed by atoms with Crippen molar-refractivity contribution in [3.05, 3.63) is 138 Å². The van der Waals surface area contributed by atoms with E-state index in [9.17, 15) is 5.11 Å². The SMILES string of the molecule is CC(=S)C(O)[C@H]1O[C@@H](Sc2ccc(C)cc2)[C@H](OCc2ccccc2)[C@@H](OCc2ccccc2)[C@@H]1OCc1ccccc1. The summed E-state index contributed by atoms with van der Waals surface area (Å²) in [6, 6.07) is 38.4. The minimum absolute atomic E-state index is 0.320. The molecule has 0 aliphatic carbocycles. The predicted octanol–water partition coefficient (Wildman–Crippen LogP) is 7.32. The molecule has 0 aromatic heterocycles. The molecule has 5 nitrogen and oxygen atoms in total. The molecule has 5 rings (SSSR count). The van der Waals surface area contributed by atoms with Crippen LogP contribution in [0.1, 0.15) is 29.2 Å². The summed E-state index contributed by atoms with van der Waals surface area (Å²) in [4.78, 5) is 1.46. The van der Waals surface area contributed by atoms with Crippen molar-refractivity contribution >= 4 is 28.8 Å². The summed E-state index contributed by atoms with van der Waals surface area (Å²) in [5.41, 5.74) is 3.76. The standard InChI is InChI=1S/C36H38O5S2/c1-25-18-20-30(21-19-25)43-36-35(40-24-29-16-10-5-11-17-29)34(39-23-28-14-8-4-9-15-28)33(32(41-36)31(37)26(2)42)38-22-27-12-6-3-7-13-27/h3-21,31-37H,22-24H2,1-2H3/t31?,32-,33-,34+,35-,36+/m1/s1. The molecule has 0 radical (unpaired) electrons. The Morgan fingerprint density at radius 1 is 0.698 bits per heavy atom. The molecule has 43 heavy (non-hydrogen) atoms. The number of thiocarbonyl (C=S) groups is 1. The van der Waals surface area contributed by atoms with Crippen molar-refractivity contribution in [1.29, 1.82) is 0 Å². The van der Waals surface area contributed by atoms with E-state index >= 15 is 0 Å². The molecule has 1 heterocycles. The fraction of sp³-hybridized carbons (Fsp3) is 0.306. The van der Waals surface area contributed by atoms with Crippen molar-refractivity contribution in [2.45, 2.75) is 74.5 Å². The van der Waals surface area contributed by atoms with Gasteiger partial charge in [0.05, 0.1) is 19.8 Å². The summed E-state index contributed by atoms with van der Waals surface area (Å²) in [6.07, 6.45) is -3.55. The second kappa shape index (κ2) is 15.7. The maximum Gasteiger partial charge on any atom is 0.137 e. The van der Waals surface area contributed by atoms with Gasteiger partial charge >= 0.3 is 0 Å². The highest BCUT2D eigenvalue weighted by Crippen LogP contribution is 2.39. The van der Waals surface area contributed by atoms with Crippen LogP contribution in [0.5, 0.6) is 0 Å². The lowest BCUT2D eigenvalue weighted by molar-refractivity contribution is -0.256. The van der Waals surface area contributed by atoms with Gasteiger partial charge in [-0.1, -0.05) is 133 Å². The van der Waals surface area contributed by atoms with Gasteiger partial charge in [0.2, 0.25) is 0 Å². The van der Waals surface area contributed by atoms with E-state index in [1.54, 1.807) is 18.7 Å². The van der Waals surface area contributed by atoms with Crippen molar-refractivity contribution < 1.29 is 24.1 Å². The monoisotopic (exact) mass is 614 g/mol. The molecule has 1 fully saturated rings. The Balaban J connectivity index is 1.51. The Bertz CT molecular complexity index is 1400. The van der Waals surface area contributed by atoms with Crippen LogP contribution in [0.25, 0.3) is 0 Å². The van der Waals surface area contributed by atoms with Gasteiger partial charge in [0.15, 0.2) is 0 Å². The number of hydrogen-bond acceptors (Lipinski definition) is 7. The number of hydrogen-bond donors (Lipinski definition) is 1. The van der Waals surface area contributed by atoms with Crippen LogP contribution in [0.3, 0.4) is 0 Å². The van der Waals surface area contributed by atoms with Crippen molar-refractivity contribution in [3.8, 4) is 0 Å². The van der Waals surface area contributed by atoms with E-state index in [1.807, 2.05) is 91.0 Å². The maximum atomic E-state index is 11.4. The van der Waals surface area contributed by atoms with Gasteiger partial charge < -0.3 is 24.1 Å². The quantitative estimate of drug-likeness (QED) is 0.158. The van der Waals surface area contributed by atoms with Crippen LogP contribution in [-0.2, 0) is 38.8 Å². The molecule has 224 valence electrons. The van der Waals surface area contributed by atoms with E-state index < -0.39 is 36.0 Å². The van der Waals surface area contributed by atoms with Crippen molar-refractivity contribution in [2.24, 2.45) is 0 Å². The normalized spacial score (nSPS) is 22.6. The van der Waals surface area contributed by atoms with Crippen molar-refractivity contribution in [1.82, 2.24) is 0 Å². The fourth-order valence-corrected chi connectivity index (χ4v) is 6.27. The van der Waals surface area contributed by atoms with Crippen LogP contribution in [0.4, 0.5) is 0 Å². The molecule has 0 saturated carbocycles. The fourth-order valence-electron chi connectivity index (χ4n) is 5.02. The zero-order chi connectivity index (χ0) is 30.0. The van der Waals surface area contributed by atoms with Crippen LogP contribution in [0, 0.1) is 6.92 Å². The summed E-state index contributed by atoms with van der Waals surface area (Å²) >= 11 is 7.03. The molecular formula is C36H38O5S2. The van der Waals surface area contributed by atoms with Gasteiger partial charge in [-0.25, -0.2) is 0 Å². The number of ether oxygens (including phenoxy) is 4. The van der Waals surface area contributed by atoms with Gasteiger partial charge in [0.25, 0.3) is 0 Å². The summed E-state index contributed by atoms with van der Waals surface area (Å²) in [5.74, 6) is 0. The van der Waals surface area contributed by atoms with Gasteiger partial charge in [-0.2, -0.15) is 0 Å². The van der Waals surface area contributed by atoms with Crippen LogP contribution in [0.15, 0.2) is 120 Å². The van der Waals surface area contributed by atoms with E-state index in [0.717, 1.165) is 21.6 Å². The summed E-state index contributed by atoms with van der Waals surface area (Å²) in [7, 11) is 0. The average Bonchev–Trinajstić information content (AvgIpc) is 3.04. The molecule has 4 aromatic rings. The van der Waals surface area contributed by atoms with E-state index in [1.165, 1.54) is 5.56 Å². The summed E-state index contributed by atoms with van der Waals surface area (Å²) in [5, 5.41) is 11.4. The third-order valence-corrected chi connectivity index (χ3v) is 8.79. The highest BCUT2D eigenvalue weighted by Gasteiger charge is 2.51. The molecular weight excluding hydrogens is 577 g/mol. The van der Waals surface area contributed by atoms with E-state index in [0.29, 0.717) is 24.7 Å². The molecule has 1 saturated heterocycles. The number of thioether (sulfide) groups is 1. The molecule has 4 aromatic carbocycles. The largest absolute Gasteiger partial charge is 0.385 e. The van der Waals surface area contributed by atoms with Gasteiger partial charge in [-0.15, -0.1) is 0 Å². The minimum Gasteiger partial charge on any atom is -0.385 e. The second-order valence-corrected chi connectivity index (χ2v) is 12.6.